The van der Waals surface area contributed by atoms with E-state index in [4.69, 9.17) is 4.42 Å². The molecule has 12 aromatic rings. The minimum Gasteiger partial charge on any atom is -0.456 e. The average Bonchev–Trinajstić information content (AvgIpc) is 3.98. The highest BCUT2D eigenvalue weighted by Crippen LogP contribution is 2.47. The van der Waals surface area contributed by atoms with Crippen molar-refractivity contribution in [3.05, 3.63) is 266 Å². The summed E-state index contributed by atoms with van der Waals surface area (Å²) < 4.78 is 6.39. The third-order valence-electron chi connectivity index (χ3n) is 16.4. The van der Waals surface area contributed by atoms with Crippen molar-refractivity contribution in [2.75, 3.05) is 14.7 Å². The van der Waals surface area contributed by atoms with Crippen LogP contribution >= 0.6 is 0 Å². The molecule has 79 heavy (non-hydrogen) atoms. The molecule has 1 aromatic heterocycles. The molecule has 0 bridgehead atoms. The number of furan rings is 1. The SMILES string of the molecule is CC(C)(C)c1ccc(N(c2ccc(C(C)(C)C)cc2)c2ccc3c(c2)N(c2ccc(-c4ccc5c(c4)oc4ccccc45)cc2)c2cccc4c2B3c2cc(-c3ccccc3)ccc2N4c2ccc(-c3ccccc3)cc2)cc1. The molecule has 0 N–H and O–H groups in total. The minimum absolute atomic E-state index is 0.0177. The summed E-state index contributed by atoms with van der Waals surface area (Å²) in [6, 6.07) is 94.2. The van der Waals surface area contributed by atoms with Gasteiger partial charge in [-0.15, -0.1) is 0 Å². The van der Waals surface area contributed by atoms with Gasteiger partial charge in [-0.25, -0.2) is 0 Å². The molecule has 2 aliphatic heterocycles. The predicted octanol–water partition coefficient (Wildman–Crippen LogP) is 18.7. The van der Waals surface area contributed by atoms with Crippen LogP contribution in [-0.4, -0.2) is 6.71 Å². The maximum atomic E-state index is 6.39. The van der Waals surface area contributed by atoms with Gasteiger partial charge in [0.1, 0.15) is 11.2 Å². The summed E-state index contributed by atoms with van der Waals surface area (Å²) in [6.07, 6.45) is 0. The second-order valence-corrected chi connectivity index (χ2v) is 23.4. The number of fused-ring (bicyclic) bond motifs is 7. The second kappa shape index (κ2) is 18.7. The molecule has 0 atom stereocenters. The molecule has 0 aliphatic carbocycles. The first kappa shape index (κ1) is 48.1. The maximum absolute atomic E-state index is 6.39. The van der Waals surface area contributed by atoms with Crippen molar-refractivity contribution in [2.45, 2.75) is 52.4 Å². The zero-order valence-electron chi connectivity index (χ0n) is 45.6. The number of hydrogen-bond acceptors (Lipinski definition) is 4. The Hall–Kier alpha value is -9.32. The summed E-state index contributed by atoms with van der Waals surface area (Å²) in [5.74, 6) is 0. The quantitative estimate of drug-likeness (QED) is 0.142. The van der Waals surface area contributed by atoms with Crippen molar-refractivity contribution >= 4 is 96.2 Å². The molecule has 0 unspecified atom stereocenters. The first-order valence-electron chi connectivity index (χ1n) is 27.7. The van der Waals surface area contributed by atoms with E-state index in [-0.39, 0.29) is 17.5 Å². The van der Waals surface area contributed by atoms with E-state index < -0.39 is 0 Å². The van der Waals surface area contributed by atoms with Gasteiger partial charge in [0.2, 0.25) is 0 Å². The summed E-state index contributed by atoms with van der Waals surface area (Å²) >= 11 is 0. The second-order valence-electron chi connectivity index (χ2n) is 23.4. The third kappa shape index (κ3) is 8.40. The topological polar surface area (TPSA) is 22.9 Å². The van der Waals surface area contributed by atoms with Crippen molar-refractivity contribution in [3.8, 4) is 33.4 Å². The van der Waals surface area contributed by atoms with Gasteiger partial charge in [-0.1, -0.05) is 199 Å². The predicted molar refractivity (Wildman–Crippen MR) is 336 cm³/mol. The Morgan fingerprint density at radius 1 is 0.329 bits per heavy atom. The summed E-state index contributed by atoms with van der Waals surface area (Å²) in [5.41, 5.74) is 25.4. The van der Waals surface area contributed by atoms with Crippen LogP contribution < -0.4 is 31.1 Å². The number of anilines is 9. The van der Waals surface area contributed by atoms with E-state index in [2.05, 4.69) is 299 Å². The number of para-hydroxylation sites is 1. The molecule has 380 valence electrons. The van der Waals surface area contributed by atoms with Crippen LogP contribution in [0, 0.1) is 0 Å². The summed E-state index contributed by atoms with van der Waals surface area (Å²) in [6.45, 7) is 13.6. The lowest BCUT2D eigenvalue weighted by atomic mass is 9.33. The van der Waals surface area contributed by atoms with E-state index in [1.807, 2.05) is 12.1 Å². The van der Waals surface area contributed by atoms with Crippen LogP contribution in [0.25, 0.3) is 55.3 Å². The van der Waals surface area contributed by atoms with Crippen LogP contribution in [0.1, 0.15) is 52.7 Å². The highest BCUT2D eigenvalue weighted by atomic mass is 16.3. The fourth-order valence-corrected chi connectivity index (χ4v) is 12.2. The van der Waals surface area contributed by atoms with Gasteiger partial charge < -0.3 is 19.1 Å². The zero-order valence-corrected chi connectivity index (χ0v) is 45.6. The van der Waals surface area contributed by atoms with E-state index in [0.717, 1.165) is 72.9 Å². The van der Waals surface area contributed by atoms with E-state index >= 15 is 0 Å². The highest BCUT2D eigenvalue weighted by molar-refractivity contribution is 7.00. The highest BCUT2D eigenvalue weighted by Gasteiger charge is 2.43. The van der Waals surface area contributed by atoms with Crippen molar-refractivity contribution < 1.29 is 4.42 Å². The molecular formula is C74H60BN3O. The van der Waals surface area contributed by atoms with Crippen LogP contribution in [0.4, 0.5) is 51.2 Å². The molecule has 5 heteroatoms. The molecule has 3 heterocycles. The van der Waals surface area contributed by atoms with E-state index in [9.17, 15) is 0 Å². The summed E-state index contributed by atoms with van der Waals surface area (Å²) in [7, 11) is 0. The fourth-order valence-electron chi connectivity index (χ4n) is 12.2. The van der Waals surface area contributed by atoms with Crippen molar-refractivity contribution in [2.24, 2.45) is 0 Å². The van der Waals surface area contributed by atoms with Gasteiger partial charge in [-0.3, -0.25) is 0 Å². The number of nitrogens with zero attached hydrogens (tertiary/aromatic N) is 3. The van der Waals surface area contributed by atoms with Crippen molar-refractivity contribution in [3.63, 3.8) is 0 Å². The lowest BCUT2D eigenvalue weighted by Gasteiger charge is -2.44. The van der Waals surface area contributed by atoms with Crippen LogP contribution in [-0.2, 0) is 10.8 Å². The molecule has 0 saturated carbocycles. The maximum Gasteiger partial charge on any atom is 0.252 e. The number of benzene rings is 11. The Kier molecular flexibility index (Phi) is 11.4. The molecular weight excluding hydrogens is 958 g/mol. The molecule has 11 aromatic carbocycles. The van der Waals surface area contributed by atoms with E-state index in [0.29, 0.717) is 0 Å². The first-order chi connectivity index (χ1) is 38.4. The lowest BCUT2D eigenvalue weighted by molar-refractivity contribution is 0.590. The molecule has 0 radical (unpaired) electrons. The fraction of sp³-hybridized carbons (Fsp3) is 0.108. The summed E-state index contributed by atoms with van der Waals surface area (Å²) in [4.78, 5) is 7.45. The van der Waals surface area contributed by atoms with E-state index in [1.54, 1.807) is 0 Å². The van der Waals surface area contributed by atoms with Crippen molar-refractivity contribution in [1.29, 1.82) is 0 Å². The van der Waals surface area contributed by atoms with Gasteiger partial charge in [0.25, 0.3) is 6.71 Å². The van der Waals surface area contributed by atoms with Gasteiger partial charge in [-0.2, -0.15) is 0 Å². The number of hydrogen-bond donors (Lipinski definition) is 0. The molecule has 0 fully saturated rings. The molecule has 4 nitrogen and oxygen atoms in total. The van der Waals surface area contributed by atoms with Crippen LogP contribution in [0.3, 0.4) is 0 Å². The monoisotopic (exact) mass is 1020 g/mol. The smallest absolute Gasteiger partial charge is 0.252 e. The van der Waals surface area contributed by atoms with Gasteiger partial charge >= 0.3 is 0 Å². The molecule has 0 saturated heterocycles. The average molecular weight is 1020 g/mol. The van der Waals surface area contributed by atoms with Crippen LogP contribution in [0.2, 0.25) is 0 Å². The van der Waals surface area contributed by atoms with Gasteiger partial charge in [-0.05, 0) is 169 Å². The Morgan fingerprint density at radius 3 is 1.39 bits per heavy atom. The molecule has 0 amide bonds. The Bertz CT molecular complexity index is 4190. The molecule has 14 rings (SSSR count). The van der Waals surface area contributed by atoms with Gasteiger partial charge in [0.15, 0.2) is 0 Å². The Labute approximate surface area is 464 Å². The zero-order chi connectivity index (χ0) is 53.6. The Morgan fingerprint density at radius 2 is 0.797 bits per heavy atom. The van der Waals surface area contributed by atoms with Crippen LogP contribution in [0.15, 0.2) is 259 Å². The summed E-state index contributed by atoms with van der Waals surface area (Å²) in [5, 5.41) is 2.26. The molecule has 2 aliphatic rings. The van der Waals surface area contributed by atoms with Crippen molar-refractivity contribution in [1.82, 2.24) is 0 Å². The normalized spacial score (nSPS) is 12.9. The minimum atomic E-state index is -0.0783. The standard InChI is InChI=1S/C74H60BN3O/c1-73(2,3)55-30-38-57(39-31-55)76(58-40-32-56(33-41-58)74(4,5)6)61-42-44-64-69(48-61)78(60-36-26-52(27-37-60)54-28-43-63-62-20-13-14-23-70(62)79-71(63)47-54)68-22-15-21-67-72(68)75(64)65-46-53(50-18-11-8-12-19-50)29-45-66(65)77(67)59-34-24-51(25-35-59)49-16-9-7-10-17-49/h7-48H,1-6H3. The van der Waals surface area contributed by atoms with Crippen LogP contribution in [0.5, 0.6) is 0 Å². The number of rotatable bonds is 8. The first-order valence-corrected chi connectivity index (χ1v) is 27.7. The van der Waals surface area contributed by atoms with E-state index in [1.165, 1.54) is 61.1 Å². The molecule has 0 spiro atoms. The Balaban J connectivity index is 0.979. The third-order valence-corrected chi connectivity index (χ3v) is 16.4. The van der Waals surface area contributed by atoms with Gasteiger partial charge in [0.05, 0.1) is 0 Å². The largest absolute Gasteiger partial charge is 0.456 e. The van der Waals surface area contributed by atoms with Gasteiger partial charge in [0, 0.05) is 62.0 Å². The lowest BCUT2D eigenvalue weighted by Crippen LogP contribution is -2.61.